The summed E-state index contributed by atoms with van der Waals surface area (Å²) in [7, 11) is -4.03. The van der Waals surface area contributed by atoms with E-state index in [-0.39, 0.29) is 4.90 Å². The third-order valence-electron chi connectivity index (χ3n) is 3.65. The van der Waals surface area contributed by atoms with Gasteiger partial charge in [0.25, 0.3) is 15.7 Å². The van der Waals surface area contributed by atoms with Gasteiger partial charge in [0.15, 0.2) is 4.90 Å². The third-order valence-corrected chi connectivity index (χ3v) is 5.08. The zero-order valence-corrected chi connectivity index (χ0v) is 13.0. The SMILES string of the molecule is O=[N+]([O-])c1ccccc1S(=O)(=O)Nc1ccc2c(c1)CCCN2. The first-order valence-corrected chi connectivity index (χ1v) is 8.59. The van der Waals surface area contributed by atoms with Crippen LogP contribution in [0, 0.1) is 10.1 Å². The summed E-state index contributed by atoms with van der Waals surface area (Å²) in [5.74, 6) is 0. The van der Waals surface area contributed by atoms with Crippen LogP contribution >= 0.6 is 0 Å². The van der Waals surface area contributed by atoms with E-state index in [1.54, 1.807) is 12.1 Å². The molecule has 0 bridgehead atoms. The summed E-state index contributed by atoms with van der Waals surface area (Å²) in [6.07, 6.45) is 1.84. The van der Waals surface area contributed by atoms with Crippen molar-refractivity contribution in [1.29, 1.82) is 0 Å². The Kier molecular flexibility index (Phi) is 3.91. The first-order valence-electron chi connectivity index (χ1n) is 7.10. The van der Waals surface area contributed by atoms with E-state index in [9.17, 15) is 18.5 Å². The van der Waals surface area contributed by atoms with Crippen molar-refractivity contribution < 1.29 is 13.3 Å². The van der Waals surface area contributed by atoms with Crippen molar-refractivity contribution in [2.75, 3.05) is 16.6 Å². The molecular weight excluding hydrogens is 318 g/mol. The molecule has 0 spiro atoms. The van der Waals surface area contributed by atoms with Crippen LogP contribution < -0.4 is 10.0 Å². The smallest absolute Gasteiger partial charge is 0.289 e. The molecule has 23 heavy (non-hydrogen) atoms. The molecule has 1 aliphatic rings. The van der Waals surface area contributed by atoms with E-state index in [1.807, 2.05) is 6.07 Å². The molecular formula is C15H15N3O4S. The Hall–Kier alpha value is -2.61. The number of hydrogen-bond donors (Lipinski definition) is 2. The molecule has 1 aliphatic heterocycles. The number of nitro groups is 1. The van der Waals surface area contributed by atoms with Crippen LogP contribution in [0.2, 0.25) is 0 Å². The molecule has 8 heteroatoms. The highest BCUT2D eigenvalue weighted by molar-refractivity contribution is 7.92. The number of anilines is 2. The topological polar surface area (TPSA) is 101 Å². The van der Waals surface area contributed by atoms with Gasteiger partial charge in [-0.15, -0.1) is 0 Å². The number of hydrogen-bond acceptors (Lipinski definition) is 5. The standard InChI is InChI=1S/C15H15N3O4S/c19-18(20)14-5-1-2-6-15(14)23(21,22)17-12-7-8-13-11(10-12)4-3-9-16-13/h1-2,5-8,10,16-17H,3-4,9H2. The highest BCUT2D eigenvalue weighted by Gasteiger charge is 2.25. The Balaban J connectivity index is 1.94. The molecule has 0 aromatic heterocycles. The molecule has 2 aromatic rings. The van der Waals surface area contributed by atoms with Crippen molar-refractivity contribution in [2.45, 2.75) is 17.7 Å². The molecule has 0 saturated carbocycles. The molecule has 0 saturated heterocycles. The van der Waals surface area contributed by atoms with Crippen molar-refractivity contribution >= 4 is 27.1 Å². The Morgan fingerprint density at radius 2 is 1.96 bits per heavy atom. The first kappa shape index (κ1) is 15.3. The summed E-state index contributed by atoms with van der Waals surface area (Å²) in [5.41, 5.74) is 1.97. The fourth-order valence-electron chi connectivity index (χ4n) is 2.58. The summed E-state index contributed by atoms with van der Waals surface area (Å²) in [6.45, 7) is 0.897. The van der Waals surface area contributed by atoms with Crippen molar-refractivity contribution in [2.24, 2.45) is 0 Å². The van der Waals surface area contributed by atoms with Gasteiger partial charge in [-0.1, -0.05) is 12.1 Å². The molecule has 1 heterocycles. The van der Waals surface area contributed by atoms with E-state index in [4.69, 9.17) is 0 Å². The minimum atomic E-state index is -4.03. The number of benzene rings is 2. The van der Waals surface area contributed by atoms with E-state index < -0.39 is 20.6 Å². The van der Waals surface area contributed by atoms with E-state index in [0.29, 0.717) is 5.69 Å². The average molecular weight is 333 g/mol. The lowest BCUT2D eigenvalue weighted by Gasteiger charge is -2.19. The second-order valence-corrected chi connectivity index (χ2v) is 6.88. The number of fused-ring (bicyclic) bond motifs is 1. The summed E-state index contributed by atoms with van der Waals surface area (Å²) in [5, 5.41) is 14.3. The van der Waals surface area contributed by atoms with Crippen LogP contribution in [0.25, 0.3) is 0 Å². The van der Waals surface area contributed by atoms with Gasteiger partial charge in [-0.25, -0.2) is 8.42 Å². The van der Waals surface area contributed by atoms with Gasteiger partial charge in [-0.2, -0.15) is 0 Å². The second kappa shape index (κ2) is 5.88. The summed E-state index contributed by atoms with van der Waals surface area (Å²) >= 11 is 0. The van der Waals surface area contributed by atoms with Crippen LogP contribution in [-0.2, 0) is 16.4 Å². The second-order valence-electron chi connectivity index (χ2n) is 5.23. The van der Waals surface area contributed by atoms with Crippen molar-refractivity contribution in [3.05, 3.63) is 58.1 Å². The highest BCUT2D eigenvalue weighted by atomic mass is 32.2. The lowest BCUT2D eigenvalue weighted by Crippen LogP contribution is -2.16. The number of nitrogens with one attached hydrogen (secondary N) is 2. The molecule has 120 valence electrons. The molecule has 0 unspecified atom stereocenters. The molecule has 2 N–H and O–H groups in total. The summed E-state index contributed by atoms with van der Waals surface area (Å²) in [6, 6.07) is 10.5. The molecule has 0 radical (unpaired) electrons. The molecule has 0 atom stereocenters. The van der Waals surface area contributed by atoms with Crippen molar-refractivity contribution in [3.8, 4) is 0 Å². The fraction of sp³-hybridized carbons (Fsp3) is 0.200. The number of rotatable bonds is 4. The van der Waals surface area contributed by atoms with Gasteiger partial charge in [0, 0.05) is 24.0 Å². The van der Waals surface area contributed by atoms with E-state index in [1.165, 1.54) is 24.3 Å². The van der Waals surface area contributed by atoms with Crippen LogP contribution in [0.15, 0.2) is 47.4 Å². The van der Waals surface area contributed by atoms with Crippen LogP contribution in [0.5, 0.6) is 0 Å². The molecule has 3 rings (SSSR count). The Bertz CT molecular complexity index is 865. The van der Waals surface area contributed by atoms with Crippen LogP contribution in [0.4, 0.5) is 17.1 Å². The predicted octanol–water partition coefficient (Wildman–Crippen LogP) is 2.75. The third kappa shape index (κ3) is 3.11. The van der Waals surface area contributed by atoms with Gasteiger partial charge in [0.05, 0.1) is 4.92 Å². The molecule has 0 fully saturated rings. The molecule has 2 aromatic carbocycles. The lowest BCUT2D eigenvalue weighted by atomic mass is 10.0. The minimum Gasteiger partial charge on any atom is -0.385 e. The van der Waals surface area contributed by atoms with Gasteiger partial charge in [0.1, 0.15) is 0 Å². The van der Waals surface area contributed by atoms with Gasteiger partial charge in [0.2, 0.25) is 0 Å². The average Bonchev–Trinajstić information content (AvgIpc) is 2.54. The zero-order valence-electron chi connectivity index (χ0n) is 12.2. The molecule has 0 aliphatic carbocycles. The number of sulfonamides is 1. The lowest BCUT2D eigenvalue weighted by molar-refractivity contribution is -0.387. The Labute approximate surface area is 133 Å². The Morgan fingerprint density at radius 1 is 1.17 bits per heavy atom. The quantitative estimate of drug-likeness (QED) is 0.662. The van der Waals surface area contributed by atoms with Crippen molar-refractivity contribution in [1.82, 2.24) is 0 Å². The monoisotopic (exact) mass is 333 g/mol. The van der Waals surface area contributed by atoms with E-state index in [2.05, 4.69) is 10.0 Å². The van der Waals surface area contributed by atoms with Crippen molar-refractivity contribution in [3.63, 3.8) is 0 Å². The number of aryl methyl sites for hydroxylation is 1. The maximum atomic E-state index is 12.5. The zero-order chi connectivity index (χ0) is 16.4. The maximum absolute atomic E-state index is 12.5. The number of nitrogens with zero attached hydrogens (tertiary/aromatic N) is 1. The predicted molar refractivity (Wildman–Crippen MR) is 87.2 cm³/mol. The normalized spacial score (nSPS) is 13.7. The largest absolute Gasteiger partial charge is 0.385 e. The summed E-state index contributed by atoms with van der Waals surface area (Å²) in [4.78, 5) is 9.97. The molecule has 0 amide bonds. The van der Waals surface area contributed by atoms with Crippen LogP contribution in [-0.4, -0.2) is 19.9 Å². The van der Waals surface area contributed by atoms with Gasteiger partial charge >= 0.3 is 0 Å². The minimum absolute atomic E-state index is 0.346. The van der Waals surface area contributed by atoms with Gasteiger partial charge < -0.3 is 5.32 Å². The molecule has 7 nitrogen and oxygen atoms in total. The van der Waals surface area contributed by atoms with Crippen LogP contribution in [0.3, 0.4) is 0 Å². The van der Waals surface area contributed by atoms with E-state index in [0.717, 1.165) is 30.6 Å². The summed E-state index contributed by atoms with van der Waals surface area (Å²) < 4.78 is 27.3. The fourth-order valence-corrected chi connectivity index (χ4v) is 3.81. The van der Waals surface area contributed by atoms with Gasteiger partial charge in [-0.3, -0.25) is 14.8 Å². The Morgan fingerprint density at radius 3 is 2.74 bits per heavy atom. The first-order chi connectivity index (χ1) is 11.0. The number of nitro benzene ring substituents is 1. The van der Waals surface area contributed by atoms with Crippen LogP contribution in [0.1, 0.15) is 12.0 Å². The maximum Gasteiger partial charge on any atom is 0.289 e. The highest BCUT2D eigenvalue weighted by Crippen LogP contribution is 2.28. The van der Waals surface area contributed by atoms with E-state index >= 15 is 0 Å². The van der Waals surface area contributed by atoms with Gasteiger partial charge in [-0.05, 0) is 42.7 Å². The number of para-hydroxylation sites is 1.